The van der Waals surface area contributed by atoms with E-state index in [0.717, 1.165) is 5.56 Å². The highest BCUT2D eigenvalue weighted by atomic mass is 16.5. The predicted octanol–water partition coefficient (Wildman–Crippen LogP) is 1.48. The fourth-order valence-electron chi connectivity index (χ4n) is 3.74. The van der Waals surface area contributed by atoms with E-state index in [1.54, 1.807) is 13.8 Å². The number of nitrogens with one attached hydrogen (secondary N) is 1. The molecule has 0 spiro atoms. The quantitative estimate of drug-likeness (QED) is 0.740. The molecule has 1 aromatic carbocycles. The molecule has 2 heterocycles. The van der Waals surface area contributed by atoms with Crippen LogP contribution in [0.25, 0.3) is 0 Å². The largest absolute Gasteiger partial charge is 0.464 e. The van der Waals surface area contributed by atoms with Gasteiger partial charge in [0, 0.05) is 5.92 Å². The van der Waals surface area contributed by atoms with E-state index in [2.05, 4.69) is 5.32 Å². The topological polar surface area (TPSA) is 94.2 Å². The summed E-state index contributed by atoms with van der Waals surface area (Å²) in [5, 5.41) is 2.55. The molecule has 152 valence electrons. The minimum atomic E-state index is -0.834. The van der Waals surface area contributed by atoms with Gasteiger partial charge in [0.2, 0.25) is 5.91 Å². The Morgan fingerprint density at radius 3 is 2.68 bits per heavy atom. The van der Waals surface area contributed by atoms with Crippen molar-refractivity contribution in [2.24, 2.45) is 5.92 Å². The number of fused-ring (bicyclic) bond motifs is 1. The number of hydrogen-bond acceptors (Lipinski definition) is 6. The van der Waals surface area contributed by atoms with Crippen LogP contribution in [0, 0.1) is 5.92 Å². The van der Waals surface area contributed by atoms with Crippen molar-refractivity contribution in [3.8, 4) is 0 Å². The lowest BCUT2D eigenvalue weighted by atomic mass is 10.0. The SMILES string of the molecule is CCOC(=O)[C@@H]1CC2COCC2N1C(=O)[C@H](C)NC(=O)OCc1ccccc1. The summed E-state index contributed by atoms with van der Waals surface area (Å²) in [6.07, 6.45) is -0.170. The molecule has 1 aromatic rings. The van der Waals surface area contributed by atoms with E-state index in [-0.39, 0.29) is 31.1 Å². The molecule has 1 N–H and O–H groups in total. The Balaban J connectivity index is 1.60. The zero-order valence-electron chi connectivity index (χ0n) is 16.1. The van der Waals surface area contributed by atoms with Crippen LogP contribution >= 0.6 is 0 Å². The first-order chi connectivity index (χ1) is 13.5. The molecule has 4 atom stereocenters. The van der Waals surface area contributed by atoms with E-state index in [4.69, 9.17) is 14.2 Å². The highest BCUT2D eigenvalue weighted by Crippen LogP contribution is 2.35. The Bertz CT molecular complexity index is 710. The van der Waals surface area contributed by atoms with E-state index in [1.165, 1.54) is 4.90 Å². The number of carbonyl (C=O) groups is 3. The summed E-state index contributed by atoms with van der Waals surface area (Å²) >= 11 is 0. The zero-order chi connectivity index (χ0) is 20.1. The molecule has 2 aliphatic rings. The van der Waals surface area contributed by atoms with E-state index >= 15 is 0 Å². The van der Waals surface area contributed by atoms with E-state index in [9.17, 15) is 14.4 Å². The van der Waals surface area contributed by atoms with Gasteiger partial charge in [-0.15, -0.1) is 0 Å². The number of amides is 2. The molecule has 2 saturated heterocycles. The first-order valence-electron chi connectivity index (χ1n) is 9.55. The van der Waals surface area contributed by atoms with Gasteiger partial charge in [-0.2, -0.15) is 0 Å². The number of rotatable bonds is 6. The molecular weight excluding hydrogens is 364 g/mol. The fraction of sp³-hybridized carbons (Fsp3) is 0.550. The molecule has 2 amide bonds. The van der Waals surface area contributed by atoms with Crippen molar-refractivity contribution in [2.45, 2.75) is 45.0 Å². The summed E-state index contributed by atoms with van der Waals surface area (Å²) in [5.74, 6) is -0.646. The van der Waals surface area contributed by atoms with Crippen LogP contribution in [-0.2, 0) is 30.4 Å². The van der Waals surface area contributed by atoms with Crippen LogP contribution in [0.4, 0.5) is 4.79 Å². The molecule has 0 aromatic heterocycles. The zero-order valence-corrected chi connectivity index (χ0v) is 16.1. The smallest absolute Gasteiger partial charge is 0.408 e. The number of carbonyl (C=O) groups excluding carboxylic acids is 3. The Morgan fingerprint density at radius 1 is 1.21 bits per heavy atom. The van der Waals surface area contributed by atoms with Crippen molar-refractivity contribution in [2.75, 3.05) is 19.8 Å². The number of likely N-dealkylation sites (tertiary alicyclic amines) is 1. The molecule has 3 rings (SSSR count). The highest BCUT2D eigenvalue weighted by Gasteiger charge is 2.50. The summed E-state index contributed by atoms with van der Waals surface area (Å²) in [4.78, 5) is 38.9. The van der Waals surface area contributed by atoms with Gasteiger partial charge < -0.3 is 24.4 Å². The Labute approximate surface area is 164 Å². The third-order valence-electron chi connectivity index (χ3n) is 5.11. The van der Waals surface area contributed by atoms with E-state index < -0.39 is 24.1 Å². The maximum absolute atomic E-state index is 13.0. The maximum atomic E-state index is 13.0. The van der Waals surface area contributed by atoms with Crippen molar-refractivity contribution in [1.82, 2.24) is 10.2 Å². The molecule has 2 fully saturated rings. The molecule has 0 radical (unpaired) electrons. The van der Waals surface area contributed by atoms with Gasteiger partial charge in [-0.25, -0.2) is 9.59 Å². The summed E-state index contributed by atoms with van der Waals surface area (Å²) in [6, 6.07) is 7.62. The third kappa shape index (κ3) is 4.44. The lowest BCUT2D eigenvalue weighted by molar-refractivity contribution is -0.155. The number of nitrogens with zero attached hydrogens (tertiary/aromatic N) is 1. The van der Waals surface area contributed by atoms with Crippen LogP contribution in [-0.4, -0.2) is 60.8 Å². The van der Waals surface area contributed by atoms with Crippen LogP contribution in [0.1, 0.15) is 25.8 Å². The lowest BCUT2D eigenvalue weighted by Crippen LogP contribution is -2.54. The third-order valence-corrected chi connectivity index (χ3v) is 5.11. The number of hydrogen-bond donors (Lipinski definition) is 1. The summed E-state index contributed by atoms with van der Waals surface area (Å²) in [5.41, 5.74) is 0.851. The highest BCUT2D eigenvalue weighted by molar-refractivity contribution is 5.90. The first kappa shape index (κ1) is 20.1. The maximum Gasteiger partial charge on any atom is 0.408 e. The van der Waals surface area contributed by atoms with Gasteiger partial charge in [0.05, 0.1) is 25.9 Å². The minimum absolute atomic E-state index is 0.107. The monoisotopic (exact) mass is 390 g/mol. The molecule has 8 heteroatoms. The molecule has 0 bridgehead atoms. The van der Waals surface area contributed by atoms with Crippen molar-refractivity contribution in [1.29, 1.82) is 0 Å². The van der Waals surface area contributed by atoms with Gasteiger partial charge in [0.1, 0.15) is 18.7 Å². The summed E-state index contributed by atoms with van der Waals surface area (Å²) < 4.78 is 15.8. The van der Waals surface area contributed by atoms with Crippen molar-refractivity contribution >= 4 is 18.0 Å². The molecule has 0 saturated carbocycles. The summed E-state index contributed by atoms with van der Waals surface area (Å²) in [6.45, 7) is 4.58. The van der Waals surface area contributed by atoms with Crippen molar-refractivity contribution < 1.29 is 28.6 Å². The Kier molecular flexibility index (Phi) is 6.51. The second-order valence-electron chi connectivity index (χ2n) is 7.04. The van der Waals surface area contributed by atoms with E-state index in [1.807, 2.05) is 30.3 Å². The predicted molar refractivity (Wildman–Crippen MR) is 99.2 cm³/mol. The second kappa shape index (κ2) is 9.05. The second-order valence-corrected chi connectivity index (χ2v) is 7.04. The lowest BCUT2D eigenvalue weighted by Gasteiger charge is -2.30. The van der Waals surface area contributed by atoms with Crippen LogP contribution in [0.2, 0.25) is 0 Å². The van der Waals surface area contributed by atoms with Gasteiger partial charge in [0.25, 0.3) is 0 Å². The molecule has 2 aliphatic heterocycles. The Hall–Kier alpha value is -2.61. The normalized spacial score (nSPS) is 24.4. The minimum Gasteiger partial charge on any atom is -0.464 e. The molecule has 0 aliphatic carbocycles. The van der Waals surface area contributed by atoms with Crippen LogP contribution in [0.15, 0.2) is 30.3 Å². The fourth-order valence-corrected chi connectivity index (χ4v) is 3.74. The van der Waals surface area contributed by atoms with Gasteiger partial charge in [0.15, 0.2) is 0 Å². The first-order valence-corrected chi connectivity index (χ1v) is 9.55. The number of benzene rings is 1. The van der Waals surface area contributed by atoms with Crippen LogP contribution in [0.5, 0.6) is 0 Å². The van der Waals surface area contributed by atoms with Crippen molar-refractivity contribution in [3.63, 3.8) is 0 Å². The van der Waals surface area contributed by atoms with E-state index in [0.29, 0.717) is 19.6 Å². The van der Waals surface area contributed by atoms with Crippen LogP contribution < -0.4 is 5.32 Å². The van der Waals surface area contributed by atoms with Crippen molar-refractivity contribution in [3.05, 3.63) is 35.9 Å². The summed E-state index contributed by atoms with van der Waals surface area (Å²) in [7, 11) is 0. The van der Waals surface area contributed by atoms with Gasteiger partial charge in [-0.3, -0.25) is 4.79 Å². The number of ether oxygens (including phenoxy) is 3. The molecule has 28 heavy (non-hydrogen) atoms. The number of alkyl carbamates (subject to hydrolysis) is 1. The van der Waals surface area contributed by atoms with Gasteiger partial charge in [-0.05, 0) is 25.8 Å². The average Bonchev–Trinajstić information content (AvgIpc) is 3.28. The average molecular weight is 390 g/mol. The Morgan fingerprint density at radius 2 is 1.96 bits per heavy atom. The van der Waals surface area contributed by atoms with Crippen LogP contribution in [0.3, 0.4) is 0 Å². The molecule has 2 unspecified atom stereocenters. The van der Waals surface area contributed by atoms with Gasteiger partial charge >= 0.3 is 12.1 Å². The molecule has 8 nitrogen and oxygen atoms in total. The standard InChI is InChI=1S/C20H26N2O6/c1-3-27-19(24)16-9-15-11-26-12-17(15)22(16)18(23)13(2)21-20(25)28-10-14-7-5-4-6-8-14/h4-8,13,15-17H,3,9-12H2,1-2H3,(H,21,25)/t13-,15?,16-,17?/m0/s1. The number of esters is 1. The van der Waals surface area contributed by atoms with Gasteiger partial charge in [-0.1, -0.05) is 30.3 Å². The molecular formula is C20H26N2O6.